The SMILES string of the molecule is Cc1ccc(C2(c3ccccc3)c3ccccc3-n3c4ccc(N(c5ccccc5)c5cccc6ccccc56)cc4c4cccc2c43)cc1. The molecule has 1 unspecified atom stereocenters. The Morgan fingerprint density at radius 2 is 1.10 bits per heavy atom. The van der Waals surface area contributed by atoms with Gasteiger partial charge in [-0.25, -0.2) is 0 Å². The van der Waals surface area contributed by atoms with Crippen LogP contribution in [0.3, 0.4) is 0 Å². The van der Waals surface area contributed by atoms with E-state index in [-0.39, 0.29) is 0 Å². The number of hydrogen-bond donors (Lipinski definition) is 0. The highest BCUT2D eigenvalue weighted by Gasteiger charge is 2.45. The summed E-state index contributed by atoms with van der Waals surface area (Å²) < 4.78 is 2.51. The van der Waals surface area contributed by atoms with Crippen LogP contribution in [0.15, 0.2) is 188 Å². The van der Waals surface area contributed by atoms with Gasteiger partial charge in [-0.1, -0.05) is 151 Å². The molecule has 1 atom stereocenters. The second-order valence-electron chi connectivity index (χ2n) is 13.4. The summed E-state index contributed by atoms with van der Waals surface area (Å²) in [6, 6.07) is 69.2. The maximum Gasteiger partial charge on any atom is 0.0742 e. The van der Waals surface area contributed by atoms with E-state index in [0.717, 1.165) is 17.1 Å². The van der Waals surface area contributed by atoms with Gasteiger partial charge in [0.05, 0.1) is 27.8 Å². The van der Waals surface area contributed by atoms with Gasteiger partial charge < -0.3 is 9.47 Å². The van der Waals surface area contributed by atoms with Crippen LogP contribution < -0.4 is 4.90 Å². The topological polar surface area (TPSA) is 8.17 Å². The van der Waals surface area contributed by atoms with Crippen LogP contribution >= 0.6 is 0 Å². The van der Waals surface area contributed by atoms with E-state index in [9.17, 15) is 0 Å². The molecule has 1 aliphatic rings. The summed E-state index contributed by atoms with van der Waals surface area (Å²) in [4.78, 5) is 2.41. The van der Waals surface area contributed by atoms with Gasteiger partial charge in [-0.2, -0.15) is 0 Å². The van der Waals surface area contributed by atoms with E-state index < -0.39 is 5.41 Å². The van der Waals surface area contributed by atoms with Gasteiger partial charge in [-0.15, -0.1) is 0 Å². The molecule has 0 aliphatic carbocycles. The molecule has 2 nitrogen and oxygen atoms in total. The molecular formula is C48H34N2. The van der Waals surface area contributed by atoms with Crippen LogP contribution in [0.4, 0.5) is 17.1 Å². The van der Waals surface area contributed by atoms with Crippen molar-refractivity contribution in [1.29, 1.82) is 0 Å². The quantitative estimate of drug-likeness (QED) is 0.182. The van der Waals surface area contributed by atoms with Gasteiger partial charge in [0.15, 0.2) is 0 Å². The number of fused-ring (bicyclic) bond motifs is 6. The van der Waals surface area contributed by atoms with Gasteiger partial charge in [0.2, 0.25) is 0 Å². The van der Waals surface area contributed by atoms with Gasteiger partial charge in [-0.05, 0) is 77.0 Å². The smallest absolute Gasteiger partial charge is 0.0742 e. The van der Waals surface area contributed by atoms with Crippen molar-refractivity contribution < 1.29 is 0 Å². The van der Waals surface area contributed by atoms with Crippen LogP contribution in [0.2, 0.25) is 0 Å². The molecule has 50 heavy (non-hydrogen) atoms. The van der Waals surface area contributed by atoms with Crippen molar-refractivity contribution in [3.63, 3.8) is 0 Å². The summed E-state index contributed by atoms with van der Waals surface area (Å²) in [5.41, 5.74) is 13.0. The molecule has 9 aromatic rings. The third-order valence-corrected chi connectivity index (χ3v) is 10.7. The zero-order valence-corrected chi connectivity index (χ0v) is 27.8. The maximum absolute atomic E-state index is 2.51. The number of benzene rings is 8. The summed E-state index contributed by atoms with van der Waals surface area (Å²) >= 11 is 0. The van der Waals surface area contributed by atoms with E-state index in [2.05, 4.69) is 204 Å². The van der Waals surface area contributed by atoms with Gasteiger partial charge in [0.1, 0.15) is 0 Å². The Morgan fingerprint density at radius 3 is 1.94 bits per heavy atom. The average Bonchev–Trinajstić information content (AvgIpc) is 3.51. The van der Waals surface area contributed by atoms with Crippen molar-refractivity contribution in [2.24, 2.45) is 0 Å². The molecule has 0 amide bonds. The largest absolute Gasteiger partial charge is 0.310 e. The zero-order valence-electron chi connectivity index (χ0n) is 27.8. The van der Waals surface area contributed by atoms with E-state index in [1.807, 2.05) is 0 Å². The number of hydrogen-bond acceptors (Lipinski definition) is 1. The lowest BCUT2D eigenvalue weighted by Gasteiger charge is -2.41. The number of rotatable bonds is 5. The monoisotopic (exact) mass is 638 g/mol. The predicted octanol–water partition coefficient (Wildman–Crippen LogP) is 12.4. The van der Waals surface area contributed by atoms with Crippen LogP contribution in [0.1, 0.15) is 27.8 Å². The molecule has 2 heterocycles. The Balaban J connectivity index is 1.30. The fraction of sp³-hybridized carbons (Fsp3) is 0.0417. The first kappa shape index (κ1) is 28.6. The van der Waals surface area contributed by atoms with Crippen molar-refractivity contribution in [3.8, 4) is 5.69 Å². The van der Waals surface area contributed by atoms with Gasteiger partial charge in [-0.3, -0.25) is 0 Å². The molecule has 0 spiro atoms. The molecule has 0 radical (unpaired) electrons. The van der Waals surface area contributed by atoms with Crippen LogP contribution in [0.5, 0.6) is 0 Å². The van der Waals surface area contributed by atoms with Crippen LogP contribution in [-0.2, 0) is 5.41 Å². The number of para-hydroxylation sites is 3. The Bertz CT molecular complexity index is 2700. The first-order chi connectivity index (χ1) is 24.7. The van der Waals surface area contributed by atoms with Crippen LogP contribution in [0.25, 0.3) is 38.3 Å². The van der Waals surface area contributed by atoms with Crippen molar-refractivity contribution in [3.05, 3.63) is 216 Å². The Hall–Kier alpha value is -6.38. The van der Waals surface area contributed by atoms with Crippen molar-refractivity contribution in [1.82, 2.24) is 4.57 Å². The van der Waals surface area contributed by atoms with Gasteiger partial charge in [0, 0.05) is 27.5 Å². The first-order valence-corrected chi connectivity index (χ1v) is 17.4. The lowest BCUT2D eigenvalue weighted by Crippen LogP contribution is -2.35. The van der Waals surface area contributed by atoms with E-state index in [1.165, 1.54) is 66.1 Å². The van der Waals surface area contributed by atoms with Gasteiger partial charge in [0.25, 0.3) is 0 Å². The highest BCUT2D eigenvalue weighted by atomic mass is 15.1. The number of aryl methyl sites for hydroxylation is 1. The Labute approximate surface area is 292 Å². The number of aromatic nitrogens is 1. The van der Waals surface area contributed by atoms with E-state index in [1.54, 1.807) is 0 Å². The normalized spacial score (nSPS) is 15.0. The van der Waals surface area contributed by atoms with E-state index >= 15 is 0 Å². The summed E-state index contributed by atoms with van der Waals surface area (Å²) in [6.45, 7) is 2.17. The van der Waals surface area contributed by atoms with E-state index in [0.29, 0.717) is 0 Å². The Morgan fingerprint density at radius 1 is 0.460 bits per heavy atom. The summed E-state index contributed by atoms with van der Waals surface area (Å²) in [5.74, 6) is 0. The fourth-order valence-electron chi connectivity index (χ4n) is 8.57. The average molecular weight is 639 g/mol. The number of nitrogens with zero attached hydrogens (tertiary/aromatic N) is 2. The van der Waals surface area contributed by atoms with Crippen LogP contribution in [0, 0.1) is 6.92 Å². The second kappa shape index (κ2) is 11.1. The predicted molar refractivity (Wildman–Crippen MR) is 210 cm³/mol. The fourth-order valence-corrected chi connectivity index (χ4v) is 8.57. The highest BCUT2D eigenvalue weighted by Crippen LogP contribution is 2.54. The Kier molecular flexibility index (Phi) is 6.34. The molecule has 0 saturated carbocycles. The lowest BCUT2D eigenvalue weighted by molar-refractivity contribution is 0.727. The van der Waals surface area contributed by atoms with Crippen molar-refractivity contribution in [2.75, 3.05) is 4.90 Å². The number of anilines is 3. The van der Waals surface area contributed by atoms with Crippen molar-refractivity contribution >= 4 is 49.6 Å². The molecule has 10 rings (SSSR count). The molecule has 0 N–H and O–H groups in total. The third kappa shape index (κ3) is 4.02. The second-order valence-corrected chi connectivity index (χ2v) is 13.4. The molecule has 8 aromatic carbocycles. The molecule has 1 aromatic heterocycles. The third-order valence-electron chi connectivity index (χ3n) is 10.7. The maximum atomic E-state index is 2.51. The minimum absolute atomic E-state index is 0.489. The molecule has 0 fully saturated rings. The molecule has 0 saturated heterocycles. The first-order valence-electron chi connectivity index (χ1n) is 17.4. The summed E-state index contributed by atoms with van der Waals surface area (Å²) in [5, 5.41) is 4.95. The minimum Gasteiger partial charge on any atom is -0.310 e. The summed E-state index contributed by atoms with van der Waals surface area (Å²) in [7, 11) is 0. The van der Waals surface area contributed by atoms with Crippen molar-refractivity contribution in [2.45, 2.75) is 12.3 Å². The molecule has 0 bridgehead atoms. The molecule has 1 aliphatic heterocycles. The molecular weight excluding hydrogens is 605 g/mol. The minimum atomic E-state index is -0.489. The summed E-state index contributed by atoms with van der Waals surface area (Å²) in [6.07, 6.45) is 0. The molecule has 2 heteroatoms. The van der Waals surface area contributed by atoms with Crippen LogP contribution in [-0.4, -0.2) is 4.57 Å². The zero-order chi connectivity index (χ0) is 33.2. The van der Waals surface area contributed by atoms with E-state index in [4.69, 9.17) is 0 Å². The standard InChI is InChI=1S/C48H34N2/c1-33-26-28-36(29-27-33)48(35-16-4-2-5-17-35)42-22-10-11-24-46(42)50-45-31-30-38(32-41(45)40-21-13-23-43(48)47(40)50)49(37-18-6-3-7-19-37)44-25-12-15-34-14-8-9-20-39(34)44/h2-32H,1H3. The lowest BCUT2D eigenvalue weighted by atomic mass is 9.63. The highest BCUT2D eigenvalue weighted by molar-refractivity contribution is 6.13. The van der Waals surface area contributed by atoms with Gasteiger partial charge >= 0.3 is 0 Å². The molecule has 236 valence electrons.